The highest BCUT2D eigenvalue weighted by Crippen LogP contribution is 2.22. The number of nitrogens with two attached hydrogens (primary N) is 1. The van der Waals surface area contributed by atoms with E-state index in [0.717, 1.165) is 11.4 Å². The highest BCUT2D eigenvalue weighted by atomic mass is 32.1. The van der Waals surface area contributed by atoms with Gasteiger partial charge in [-0.25, -0.2) is 0 Å². The minimum absolute atomic E-state index is 0.0812. The first-order valence-corrected chi connectivity index (χ1v) is 7.83. The van der Waals surface area contributed by atoms with Gasteiger partial charge in [0.25, 0.3) is 0 Å². The Morgan fingerprint density at radius 3 is 2.95 bits per heavy atom. The largest absolute Gasteiger partial charge is 0.353 e. The van der Waals surface area contributed by atoms with Crippen molar-refractivity contribution in [2.75, 3.05) is 20.1 Å². The molecular formula is C14H23N3OS. The second-order valence-corrected chi connectivity index (χ2v) is 6.18. The van der Waals surface area contributed by atoms with Gasteiger partial charge in [0.05, 0.1) is 0 Å². The summed E-state index contributed by atoms with van der Waals surface area (Å²) in [6.45, 7) is 1.57. The molecule has 1 unspecified atom stereocenters. The van der Waals surface area contributed by atoms with Crippen molar-refractivity contribution in [3.63, 3.8) is 0 Å². The first-order chi connectivity index (χ1) is 9.18. The lowest BCUT2D eigenvalue weighted by Gasteiger charge is -2.24. The van der Waals surface area contributed by atoms with Crippen LogP contribution in [0.1, 0.15) is 36.6 Å². The second-order valence-electron chi connectivity index (χ2n) is 5.20. The van der Waals surface area contributed by atoms with Crippen molar-refractivity contribution < 1.29 is 4.79 Å². The number of likely N-dealkylation sites (N-methyl/N-ethyl adjacent to an activating group) is 1. The topological polar surface area (TPSA) is 58.4 Å². The van der Waals surface area contributed by atoms with Crippen LogP contribution in [-0.4, -0.2) is 37.0 Å². The molecule has 1 aromatic heterocycles. The predicted molar refractivity (Wildman–Crippen MR) is 79.1 cm³/mol. The number of amides is 1. The van der Waals surface area contributed by atoms with Crippen molar-refractivity contribution in [1.29, 1.82) is 0 Å². The molecule has 1 amide bonds. The van der Waals surface area contributed by atoms with Crippen molar-refractivity contribution in [1.82, 2.24) is 10.2 Å². The molecule has 1 aliphatic carbocycles. The van der Waals surface area contributed by atoms with Crippen molar-refractivity contribution in [3.8, 4) is 0 Å². The van der Waals surface area contributed by atoms with Crippen LogP contribution in [0.15, 0.2) is 17.5 Å². The Hall–Kier alpha value is -0.910. The Bertz CT molecular complexity index is 387. The molecule has 1 atom stereocenters. The maximum Gasteiger partial charge on any atom is 0.242 e. The number of nitrogens with zero attached hydrogens (tertiary/aromatic N) is 1. The Labute approximate surface area is 119 Å². The smallest absolute Gasteiger partial charge is 0.242 e. The number of rotatable bonds is 6. The Kier molecular flexibility index (Phi) is 5.36. The van der Waals surface area contributed by atoms with E-state index in [-0.39, 0.29) is 5.91 Å². The van der Waals surface area contributed by atoms with Gasteiger partial charge >= 0.3 is 0 Å². The van der Waals surface area contributed by atoms with Gasteiger partial charge in [0.15, 0.2) is 0 Å². The van der Waals surface area contributed by atoms with E-state index in [1.807, 2.05) is 17.5 Å². The van der Waals surface area contributed by atoms with Gasteiger partial charge in [0, 0.05) is 24.0 Å². The molecule has 0 bridgehead atoms. The zero-order valence-electron chi connectivity index (χ0n) is 11.5. The molecule has 1 heterocycles. The quantitative estimate of drug-likeness (QED) is 0.835. The molecule has 3 N–H and O–H groups in total. The van der Waals surface area contributed by atoms with Gasteiger partial charge in [-0.05, 0) is 31.3 Å². The monoisotopic (exact) mass is 281 g/mol. The fraction of sp³-hybridized carbons (Fsp3) is 0.643. The van der Waals surface area contributed by atoms with Gasteiger partial charge in [-0.3, -0.25) is 4.79 Å². The van der Waals surface area contributed by atoms with Crippen LogP contribution in [0, 0.1) is 0 Å². The minimum Gasteiger partial charge on any atom is -0.353 e. The summed E-state index contributed by atoms with van der Waals surface area (Å²) in [5, 5.41) is 4.87. The molecule has 19 heavy (non-hydrogen) atoms. The summed E-state index contributed by atoms with van der Waals surface area (Å²) >= 11 is 1.52. The Balaban J connectivity index is 1.68. The van der Waals surface area contributed by atoms with E-state index in [1.54, 1.807) is 0 Å². The van der Waals surface area contributed by atoms with E-state index < -0.39 is 6.04 Å². The molecule has 0 saturated heterocycles. The van der Waals surface area contributed by atoms with Crippen LogP contribution >= 0.6 is 11.3 Å². The highest BCUT2D eigenvalue weighted by Gasteiger charge is 2.20. The molecule has 0 aromatic carbocycles. The van der Waals surface area contributed by atoms with E-state index in [2.05, 4.69) is 17.3 Å². The summed E-state index contributed by atoms with van der Waals surface area (Å²) in [5.74, 6) is -0.0812. The number of carbonyl (C=O) groups is 1. The highest BCUT2D eigenvalue weighted by molar-refractivity contribution is 7.10. The van der Waals surface area contributed by atoms with Crippen LogP contribution in [0.3, 0.4) is 0 Å². The minimum atomic E-state index is -0.531. The Morgan fingerprint density at radius 2 is 2.32 bits per heavy atom. The van der Waals surface area contributed by atoms with Crippen LogP contribution in [-0.2, 0) is 4.79 Å². The molecule has 106 valence electrons. The summed E-state index contributed by atoms with van der Waals surface area (Å²) in [6, 6.07) is 3.99. The van der Waals surface area contributed by atoms with Gasteiger partial charge in [0.1, 0.15) is 6.04 Å². The normalized spacial score (nSPS) is 17.8. The number of thiophene rings is 1. The third-order valence-corrected chi connectivity index (χ3v) is 4.80. The summed E-state index contributed by atoms with van der Waals surface area (Å²) in [5.41, 5.74) is 5.91. The maximum absolute atomic E-state index is 11.9. The Morgan fingerprint density at radius 1 is 1.58 bits per heavy atom. The molecule has 1 aliphatic rings. The van der Waals surface area contributed by atoms with Crippen LogP contribution in [0.25, 0.3) is 0 Å². The van der Waals surface area contributed by atoms with Gasteiger partial charge in [-0.15, -0.1) is 11.3 Å². The number of hydrogen-bond acceptors (Lipinski definition) is 4. The zero-order chi connectivity index (χ0) is 13.7. The lowest BCUT2D eigenvalue weighted by molar-refractivity contribution is -0.122. The molecule has 0 aliphatic heterocycles. The predicted octanol–water partition coefficient (Wildman–Crippen LogP) is 1.74. The molecule has 2 rings (SSSR count). The average Bonchev–Trinajstić information content (AvgIpc) is 3.10. The third kappa shape index (κ3) is 4.03. The number of hydrogen-bond donors (Lipinski definition) is 2. The third-order valence-electron chi connectivity index (χ3n) is 3.84. The van der Waals surface area contributed by atoms with Gasteiger partial charge < -0.3 is 16.0 Å². The van der Waals surface area contributed by atoms with Crippen LogP contribution in [0.5, 0.6) is 0 Å². The van der Waals surface area contributed by atoms with Crippen molar-refractivity contribution in [2.24, 2.45) is 5.73 Å². The summed E-state index contributed by atoms with van der Waals surface area (Å²) in [7, 11) is 2.14. The first kappa shape index (κ1) is 14.5. The van der Waals surface area contributed by atoms with Crippen molar-refractivity contribution >= 4 is 17.2 Å². The zero-order valence-corrected chi connectivity index (χ0v) is 12.3. The molecule has 1 fully saturated rings. The number of nitrogens with one attached hydrogen (secondary N) is 1. The first-order valence-electron chi connectivity index (χ1n) is 6.95. The second kappa shape index (κ2) is 7.03. The van der Waals surface area contributed by atoms with E-state index in [0.29, 0.717) is 12.6 Å². The summed E-state index contributed by atoms with van der Waals surface area (Å²) < 4.78 is 0. The van der Waals surface area contributed by atoms with E-state index in [1.165, 1.54) is 37.0 Å². The summed E-state index contributed by atoms with van der Waals surface area (Å²) in [6.07, 6.45) is 5.26. The average molecular weight is 281 g/mol. The molecule has 5 heteroatoms. The lowest BCUT2D eigenvalue weighted by Crippen LogP contribution is -2.40. The van der Waals surface area contributed by atoms with E-state index >= 15 is 0 Å². The van der Waals surface area contributed by atoms with Gasteiger partial charge in [0.2, 0.25) is 5.91 Å². The van der Waals surface area contributed by atoms with Crippen LogP contribution in [0.2, 0.25) is 0 Å². The molecular weight excluding hydrogens is 258 g/mol. The van der Waals surface area contributed by atoms with Crippen LogP contribution in [0.4, 0.5) is 0 Å². The fourth-order valence-corrected chi connectivity index (χ4v) is 3.32. The standard InChI is InChI=1S/C14H23N3OS/c1-17(11-5-2-3-6-11)9-8-16-14(18)13(15)12-7-4-10-19-12/h4,7,10-11,13H,2-3,5-6,8-9,15H2,1H3,(H,16,18). The fourth-order valence-electron chi connectivity index (χ4n) is 2.59. The molecule has 1 saturated carbocycles. The SMILES string of the molecule is CN(CCNC(=O)C(N)c1cccs1)C1CCCC1. The summed E-state index contributed by atoms with van der Waals surface area (Å²) in [4.78, 5) is 15.2. The van der Waals surface area contributed by atoms with E-state index in [4.69, 9.17) is 5.73 Å². The van der Waals surface area contributed by atoms with Gasteiger partial charge in [-0.1, -0.05) is 18.9 Å². The van der Waals surface area contributed by atoms with Gasteiger partial charge in [-0.2, -0.15) is 0 Å². The molecule has 1 aromatic rings. The molecule has 0 radical (unpaired) electrons. The maximum atomic E-state index is 11.9. The number of carbonyl (C=O) groups excluding carboxylic acids is 1. The van der Waals surface area contributed by atoms with E-state index in [9.17, 15) is 4.79 Å². The lowest BCUT2D eigenvalue weighted by atomic mass is 10.2. The van der Waals surface area contributed by atoms with Crippen molar-refractivity contribution in [3.05, 3.63) is 22.4 Å². The van der Waals surface area contributed by atoms with Crippen molar-refractivity contribution in [2.45, 2.75) is 37.8 Å². The van der Waals surface area contributed by atoms with Crippen LogP contribution < -0.4 is 11.1 Å². The molecule has 4 nitrogen and oxygen atoms in total. The molecule has 0 spiro atoms.